The highest BCUT2D eigenvalue weighted by molar-refractivity contribution is 5.75. The first kappa shape index (κ1) is 16.7. The Morgan fingerprint density at radius 2 is 2.00 bits per heavy atom. The van der Waals surface area contributed by atoms with E-state index in [9.17, 15) is 9.59 Å². The maximum absolute atomic E-state index is 11.4. The van der Waals surface area contributed by atoms with Crippen LogP contribution >= 0.6 is 0 Å². The molecule has 0 aromatic carbocycles. The van der Waals surface area contributed by atoms with Crippen LogP contribution in [0.25, 0.3) is 0 Å². The third-order valence-corrected chi connectivity index (χ3v) is 2.45. The molecule has 6 nitrogen and oxygen atoms in total. The zero-order chi connectivity index (χ0) is 13.8. The zero-order valence-electron chi connectivity index (χ0n) is 11.2. The molecule has 18 heavy (non-hydrogen) atoms. The predicted octanol–water partition coefficient (Wildman–Crippen LogP) is 1.21. The number of ether oxygens (including phenoxy) is 1. The number of hydrogen-bond acceptors (Lipinski definition) is 3. The Hall–Kier alpha value is -1.30. The summed E-state index contributed by atoms with van der Waals surface area (Å²) < 4.78 is 5.13. The molecule has 0 fully saturated rings. The molecular weight excluding hydrogens is 236 g/mol. The van der Waals surface area contributed by atoms with Gasteiger partial charge in [-0.25, -0.2) is 4.79 Å². The number of carbonyl (C=O) groups excluding carboxylic acids is 1. The summed E-state index contributed by atoms with van der Waals surface area (Å²) in [6.45, 7) is 5.81. The molecule has 0 bridgehead atoms. The minimum Gasteiger partial charge on any atom is -0.481 e. The molecule has 0 heterocycles. The monoisotopic (exact) mass is 260 g/mol. The van der Waals surface area contributed by atoms with Gasteiger partial charge in [0.05, 0.1) is 5.92 Å². The van der Waals surface area contributed by atoms with Crippen molar-refractivity contribution in [3.8, 4) is 0 Å². The summed E-state index contributed by atoms with van der Waals surface area (Å²) in [6, 6.07) is -0.325. The third-order valence-electron chi connectivity index (χ3n) is 2.45. The lowest BCUT2D eigenvalue weighted by molar-refractivity contribution is -0.141. The van der Waals surface area contributed by atoms with Crippen LogP contribution in [0.4, 0.5) is 4.79 Å². The van der Waals surface area contributed by atoms with E-state index >= 15 is 0 Å². The highest BCUT2D eigenvalue weighted by atomic mass is 16.5. The van der Waals surface area contributed by atoms with E-state index in [2.05, 4.69) is 10.6 Å². The molecule has 3 N–H and O–H groups in total. The number of nitrogens with one attached hydrogen (secondary N) is 2. The van der Waals surface area contributed by atoms with Crippen LogP contribution in [-0.4, -0.2) is 43.4 Å². The molecule has 106 valence electrons. The maximum atomic E-state index is 11.4. The average Bonchev–Trinajstić information content (AvgIpc) is 2.33. The molecule has 1 atom stereocenters. The second-order valence-electron chi connectivity index (χ2n) is 4.01. The van der Waals surface area contributed by atoms with Crippen LogP contribution in [0.2, 0.25) is 0 Å². The van der Waals surface area contributed by atoms with Crippen LogP contribution in [0.1, 0.15) is 33.1 Å². The normalized spacial score (nSPS) is 11.9. The molecule has 0 aromatic rings. The Bertz CT molecular complexity index is 246. The van der Waals surface area contributed by atoms with E-state index in [0.29, 0.717) is 26.2 Å². The van der Waals surface area contributed by atoms with Crippen molar-refractivity contribution < 1.29 is 19.4 Å². The standard InChI is InChI=1S/C12H24N2O4/c1-3-6-10(11(15)16)9-14-12(17)13-7-5-8-18-4-2/h10H,3-9H2,1-2H3,(H,15,16)(H2,13,14,17). The molecule has 0 spiro atoms. The van der Waals surface area contributed by atoms with Crippen molar-refractivity contribution in [2.45, 2.75) is 33.1 Å². The average molecular weight is 260 g/mol. The number of hydrogen-bond donors (Lipinski definition) is 3. The van der Waals surface area contributed by atoms with E-state index in [1.165, 1.54) is 0 Å². The molecule has 0 rings (SSSR count). The van der Waals surface area contributed by atoms with E-state index in [0.717, 1.165) is 12.8 Å². The lowest BCUT2D eigenvalue weighted by Gasteiger charge is -2.13. The molecule has 0 aliphatic carbocycles. The summed E-state index contributed by atoms with van der Waals surface area (Å²) in [7, 11) is 0. The Morgan fingerprint density at radius 3 is 2.56 bits per heavy atom. The summed E-state index contributed by atoms with van der Waals surface area (Å²) in [5, 5.41) is 14.1. The molecular formula is C12H24N2O4. The Morgan fingerprint density at radius 1 is 1.28 bits per heavy atom. The van der Waals surface area contributed by atoms with Gasteiger partial charge in [0.1, 0.15) is 0 Å². The van der Waals surface area contributed by atoms with Crippen molar-refractivity contribution in [1.29, 1.82) is 0 Å². The fourth-order valence-electron chi connectivity index (χ4n) is 1.46. The van der Waals surface area contributed by atoms with Crippen molar-refractivity contribution >= 4 is 12.0 Å². The molecule has 0 aliphatic rings. The number of amides is 2. The fraction of sp³-hybridized carbons (Fsp3) is 0.833. The van der Waals surface area contributed by atoms with Gasteiger partial charge in [0.2, 0.25) is 0 Å². The lowest BCUT2D eigenvalue weighted by atomic mass is 10.0. The third kappa shape index (κ3) is 8.81. The molecule has 0 saturated heterocycles. The highest BCUT2D eigenvalue weighted by Crippen LogP contribution is 2.04. The molecule has 0 aromatic heterocycles. The van der Waals surface area contributed by atoms with Gasteiger partial charge >= 0.3 is 12.0 Å². The van der Waals surface area contributed by atoms with Gasteiger partial charge in [-0.2, -0.15) is 0 Å². The molecule has 2 amide bonds. The fourth-order valence-corrected chi connectivity index (χ4v) is 1.46. The quantitative estimate of drug-likeness (QED) is 0.515. The summed E-state index contributed by atoms with van der Waals surface area (Å²) in [6.07, 6.45) is 2.10. The number of carboxylic acid groups (broad SMARTS) is 1. The number of rotatable bonds is 10. The van der Waals surface area contributed by atoms with Crippen molar-refractivity contribution in [2.24, 2.45) is 5.92 Å². The van der Waals surface area contributed by atoms with E-state index in [1.54, 1.807) is 0 Å². The lowest BCUT2D eigenvalue weighted by Crippen LogP contribution is -2.40. The topological polar surface area (TPSA) is 87.7 Å². The number of carbonyl (C=O) groups is 2. The van der Waals surface area contributed by atoms with E-state index in [-0.39, 0.29) is 12.6 Å². The van der Waals surface area contributed by atoms with Crippen LogP contribution in [0.15, 0.2) is 0 Å². The predicted molar refractivity (Wildman–Crippen MR) is 68.5 cm³/mol. The number of aliphatic carboxylic acids is 1. The second kappa shape index (κ2) is 10.8. The van der Waals surface area contributed by atoms with Crippen LogP contribution in [-0.2, 0) is 9.53 Å². The first-order valence-electron chi connectivity index (χ1n) is 6.44. The first-order valence-corrected chi connectivity index (χ1v) is 6.44. The van der Waals surface area contributed by atoms with Gasteiger partial charge in [-0.05, 0) is 19.8 Å². The van der Waals surface area contributed by atoms with Crippen molar-refractivity contribution in [1.82, 2.24) is 10.6 Å². The summed E-state index contributed by atoms with van der Waals surface area (Å²) in [5.41, 5.74) is 0. The van der Waals surface area contributed by atoms with Crippen molar-refractivity contribution in [3.63, 3.8) is 0 Å². The number of urea groups is 1. The van der Waals surface area contributed by atoms with E-state index in [4.69, 9.17) is 9.84 Å². The highest BCUT2D eigenvalue weighted by Gasteiger charge is 2.16. The van der Waals surface area contributed by atoms with Crippen LogP contribution in [0.3, 0.4) is 0 Å². The SMILES string of the molecule is CCCC(CNC(=O)NCCCOCC)C(=O)O. The van der Waals surface area contributed by atoms with Crippen molar-refractivity contribution in [2.75, 3.05) is 26.3 Å². The van der Waals surface area contributed by atoms with E-state index in [1.807, 2.05) is 13.8 Å². The minimum absolute atomic E-state index is 0.167. The zero-order valence-corrected chi connectivity index (χ0v) is 11.2. The minimum atomic E-state index is -0.867. The summed E-state index contributed by atoms with van der Waals surface area (Å²) in [5.74, 6) is -1.38. The molecule has 0 aliphatic heterocycles. The van der Waals surface area contributed by atoms with Crippen LogP contribution in [0.5, 0.6) is 0 Å². The van der Waals surface area contributed by atoms with Gasteiger partial charge < -0.3 is 20.5 Å². The van der Waals surface area contributed by atoms with Crippen LogP contribution < -0.4 is 10.6 Å². The summed E-state index contributed by atoms with van der Waals surface area (Å²) in [4.78, 5) is 22.2. The number of carboxylic acids is 1. The second-order valence-corrected chi connectivity index (χ2v) is 4.01. The van der Waals surface area contributed by atoms with Gasteiger partial charge in [0.15, 0.2) is 0 Å². The smallest absolute Gasteiger partial charge is 0.314 e. The van der Waals surface area contributed by atoms with E-state index < -0.39 is 11.9 Å². The van der Waals surface area contributed by atoms with Crippen molar-refractivity contribution in [3.05, 3.63) is 0 Å². The van der Waals surface area contributed by atoms with Gasteiger partial charge in [0.25, 0.3) is 0 Å². The largest absolute Gasteiger partial charge is 0.481 e. The Labute approximate surface area is 108 Å². The van der Waals surface area contributed by atoms with Crippen LogP contribution in [0, 0.1) is 5.92 Å². The van der Waals surface area contributed by atoms with Gasteiger partial charge in [-0.3, -0.25) is 4.79 Å². The maximum Gasteiger partial charge on any atom is 0.314 e. The molecule has 0 radical (unpaired) electrons. The first-order chi connectivity index (χ1) is 8.61. The Kier molecular flexibility index (Phi) is 10.0. The Balaban J connectivity index is 3.64. The molecule has 1 unspecified atom stereocenters. The van der Waals surface area contributed by atoms with Gasteiger partial charge in [0, 0.05) is 26.3 Å². The molecule has 6 heteroatoms. The van der Waals surface area contributed by atoms with Gasteiger partial charge in [-0.1, -0.05) is 13.3 Å². The summed E-state index contributed by atoms with van der Waals surface area (Å²) >= 11 is 0. The van der Waals surface area contributed by atoms with Gasteiger partial charge in [-0.15, -0.1) is 0 Å². The molecule has 0 saturated carbocycles.